The fraction of sp³-hybridized carbons (Fsp3) is 0.353. The second-order valence-corrected chi connectivity index (χ2v) is 6.68. The summed E-state index contributed by atoms with van der Waals surface area (Å²) in [6, 6.07) is 5.31. The summed E-state index contributed by atoms with van der Waals surface area (Å²) in [7, 11) is 0. The number of hydrogen-bond acceptors (Lipinski definition) is 4. The quantitative estimate of drug-likeness (QED) is 0.922. The first kappa shape index (κ1) is 15.2. The van der Waals surface area contributed by atoms with Gasteiger partial charge in [-0.1, -0.05) is 11.6 Å². The number of nitrogens with one attached hydrogen (secondary N) is 1. The van der Waals surface area contributed by atoms with Crippen molar-refractivity contribution in [3.63, 3.8) is 0 Å². The van der Waals surface area contributed by atoms with Crippen molar-refractivity contribution in [3.8, 4) is 0 Å². The van der Waals surface area contributed by atoms with Crippen molar-refractivity contribution in [1.29, 1.82) is 0 Å². The van der Waals surface area contributed by atoms with Crippen LogP contribution in [0.4, 0.5) is 16.3 Å². The molecule has 1 saturated heterocycles. The lowest BCUT2D eigenvalue weighted by Gasteiger charge is -2.19. The van der Waals surface area contributed by atoms with Gasteiger partial charge in [0.15, 0.2) is 0 Å². The van der Waals surface area contributed by atoms with Crippen molar-refractivity contribution in [3.05, 3.63) is 29.4 Å². The van der Waals surface area contributed by atoms with Crippen LogP contribution in [-0.4, -0.2) is 29.6 Å². The van der Waals surface area contributed by atoms with Crippen LogP contribution < -0.4 is 10.2 Å². The Bertz CT molecular complexity index is 850. The van der Waals surface area contributed by atoms with E-state index in [1.807, 2.05) is 13.0 Å². The van der Waals surface area contributed by atoms with E-state index in [0.717, 1.165) is 23.6 Å². The second-order valence-electron chi connectivity index (χ2n) is 6.28. The van der Waals surface area contributed by atoms with Crippen molar-refractivity contribution in [2.45, 2.75) is 25.8 Å². The highest BCUT2D eigenvalue weighted by Crippen LogP contribution is 2.34. The van der Waals surface area contributed by atoms with Crippen LogP contribution >= 0.6 is 11.6 Å². The molecular formula is C17H16ClN3O3. The van der Waals surface area contributed by atoms with E-state index in [1.165, 1.54) is 0 Å². The minimum absolute atomic E-state index is 0.000782. The van der Waals surface area contributed by atoms with Gasteiger partial charge in [0.2, 0.25) is 5.91 Å². The van der Waals surface area contributed by atoms with Crippen molar-refractivity contribution in [2.75, 3.05) is 16.8 Å². The van der Waals surface area contributed by atoms with E-state index in [9.17, 15) is 9.59 Å². The first-order chi connectivity index (χ1) is 11.5. The first-order valence-electron chi connectivity index (χ1n) is 7.89. The highest BCUT2D eigenvalue weighted by atomic mass is 35.5. The number of halogens is 1. The Balaban J connectivity index is 1.71. The molecule has 4 rings (SSSR count). The number of fused-ring (bicyclic) bond motifs is 1. The van der Waals surface area contributed by atoms with Gasteiger partial charge in [-0.15, -0.1) is 0 Å². The Morgan fingerprint density at radius 2 is 2.17 bits per heavy atom. The van der Waals surface area contributed by atoms with Crippen LogP contribution in [0.15, 0.2) is 24.4 Å². The molecule has 2 amide bonds. The number of pyridine rings is 1. The SMILES string of the molecule is C[C@H]1COC(=O)N1c1cc(Cl)c2cnc(NC(=O)C3CC3)cc2c1. The molecule has 1 aromatic heterocycles. The molecule has 2 aliphatic rings. The fourth-order valence-corrected chi connectivity index (χ4v) is 3.13. The molecule has 1 aliphatic heterocycles. The van der Waals surface area contributed by atoms with Gasteiger partial charge < -0.3 is 10.1 Å². The lowest BCUT2D eigenvalue weighted by Crippen LogP contribution is -2.30. The van der Waals surface area contributed by atoms with Crippen LogP contribution in [0.3, 0.4) is 0 Å². The van der Waals surface area contributed by atoms with E-state index in [-0.39, 0.29) is 24.0 Å². The van der Waals surface area contributed by atoms with E-state index in [2.05, 4.69) is 10.3 Å². The summed E-state index contributed by atoms with van der Waals surface area (Å²) in [5, 5.41) is 4.90. The molecule has 24 heavy (non-hydrogen) atoms. The van der Waals surface area contributed by atoms with Gasteiger partial charge >= 0.3 is 6.09 Å². The van der Waals surface area contributed by atoms with Crippen molar-refractivity contribution >= 4 is 45.9 Å². The highest BCUT2D eigenvalue weighted by Gasteiger charge is 2.32. The molecule has 1 atom stereocenters. The highest BCUT2D eigenvalue weighted by molar-refractivity contribution is 6.36. The molecule has 1 saturated carbocycles. The number of benzene rings is 1. The van der Waals surface area contributed by atoms with Crippen LogP contribution in [-0.2, 0) is 9.53 Å². The maximum absolute atomic E-state index is 11.9. The third-order valence-electron chi connectivity index (χ3n) is 4.33. The summed E-state index contributed by atoms with van der Waals surface area (Å²) in [6.45, 7) is 2.27. The van der Waals surface area contributed by atoms with E-state index in [0.29, 0.717) is 23.1 Å². The van der Waals surface area contributed by atoms with Crippen LogP contribution in [0.1, 0.15) is 19.8 Å². The Labute approximate surface area is 143 Å². The molecule has 1 N–H and O–H groups in total. The molecule has 1 aliphatic carbocycles. The van der Waals surface area contributed by atoms with Gasteiger partial charge in [-0.25, -0.2) is 9.78 Å². The van der Waals surface area contributed by atoms with E-state index in [1.54, 1.807) is 23.2 Å². The molecule has 2 fully saturated rings. The van der Waals surface area contributed by atoms with Crippen LogP contribution in [0, 0.1) is 5.92 Å². The number of hydrogen-bond donors (Lipinski definition) is 1. The Morgan fingerprint density at radius 3 is 2.83 bits per heavy atom. The summed E-state index contributed by atoms with van der Waals surface area (Å²) in [4.78, 5) is 29.6. The van der Waals surface area contributed by atoms with Crippen LogP contribution in [0.25, 0.3) is 10.8 Å². The molecular weight excluding hydrogens is 330 g/mol. The van der Waals surface area contributed by atoms with Crippen molar-refractivity contribution in [2.24, 2.45) is 5.92 Å². The fourth-order valence-electron chi connectivity index (χ4n) is 2.86. The molecule has 2 aromatic rings. The van der Waals surface area contributed by atoms with Gasteiger partial charge in [0.05, 0.1) is 11.1 Å². The number of cyclic esters (lactones) is 1. The molecule has 0 radical (unpaired) electrons. The summed E-state index contributed by atoms with van der Waals surface area (Å²) < 4.78 is 5.07. The monoisotopic (exact) mass is 345 g/mol. The standard InChI is InChI=1S/C17H16ClN3O3/c1-9-8-24-17(23)21(9)12-4-11-5-15(20-16(22)10-2-3-10)19-7-13(11)14(18)6-12/h4-7,9-10H,2-3,8H2,1H3,(H,19,20,22)/t9-/m0/s1. The second kappa shape index (κ2) is 5.63. The third kappa shape index (κ3) is 2.67. The number of amides is 2. The maximum Gasteiger partial charge on any atom is 0.414 e. The average molecular weight is 346 g/mol. The third-order valence-corrected chi connectivity index (χ3v) is 4.65. The van der Waals surface area contributed by atoms with Gasteiger partial charge in [-0.2, -0.15) is 0 Å². The van der Waals surface area contributed by atoms with Gasteiger partial charge in [-0.3, -0.25) is 9.69 Å². The van der Waals surface area contributed by atoms with Gasteiger partial charge in [0, 0.05) is 23.2 Å². The Kier molecular flexibility index (Phi) is 3.57. The molecule has 0 bridgehead atoms. The number of rotatable bonds is 3. The zero-order valence-electron chi connectivity index (χ0n) is 13.1. The molecule has 6 nitrogen and oxygen atoms in total. The van der Waals surface area contributed by atoms with Gasteiger partial charge in [0.1, 0.15) is 12.4 Å². The molecule has 0 spiro atoms. The number of carbonyl (C=O) groups excluding carboxylic acids is 2. The van der Waals surface area contributed by atoms with Gasteiger partial charge in [0.25, 0.3) is 0 Å². The molecule has 1 aromatic carbocycles. The van der Waals surface area contributed by atoms with E-state index in [4.69, 9.17) is 16.3 Å². The lowest BCUT2D eigenvalue weighted by molar-refractivity contribution is -0.117. The molecule has 0 unspecified atom stereocenters. The minimum Gasteiger partial charge on any atom is -0.447 e. The predicted octanol–water partition coefficient (Wildman–Crippen LogP) is 3.58. The summed E-state index contributed by atoms with van der Waals surface area (Å²) >= 11 is 6.35. The van der Waals surface area contributed by atoms with Crippen molar-refractivity contribution < 1.29 is 14.3 Å². The van der Waals surface area contributed by atoms with Crippen LogP contribution in [0.2, 0.25) is 5.02 Å². The normalized spacial score (nSPS) is 20.3. The summed E-state index contributed by atoms with van der Waals surface area (Å²) in [5.41, 5.74) is 0.674. The zero-order valence-corrected chi connectivity index (χ0v) is 13.8. The Hall–Kier alpha value is -2.34. The largest absolute Gasteiger partial charge is 0.447 e. The Morgan fingerprint density at radius 1 is 1.38 bits per heavy atom. The van der Waals surface area contributed by atoms with E-state index >= 15 is 0 Å². The summed E-state index contributed by atoms with van der Waals surface area (Å²) in [6.07, 6.45) is 3.12. The number of aromatic nitrogens is 1. The number of nitrogens with zero attached hydrogens (tertiary/aromatic N) is 2. The lowest BCUT2D eigenvalue weighted by atomic mass is 10.1. The molecule has 124 valence electrons. The number of carbonyl (C=O) groups is 2. The number of anilines is 2. The molecule has 7 heteroatoms. The van der Waals surface area contributed by atoms with Crippen molar-refractivity contribution in [1.82, 2.24) is 4.98 Å². The summed E-state index contributed by atoms with van der Waals surface area (Å²) in [5.74, 6) is 0.600. The first-order valence-corrected chi connectivity index (χ1v) is 8.27. The maximum atomic E-state index is 11.9. The predicted molar refractivity (Wildman–Crippen MR) is 91.4 cm³/mol. The smallest absolute Gasteiger partial charge is 0.414 e. The average Bonchev–Trinajstić information content (AvgIpc) is 3.33. The number of ether oxygens (including phenoxy) is 1. The zero-order chi connectivity index (χ0) is 16.8. The topological polar surface area (TPSA) is 71.5 Å². The molecule has 2 heterocycles. The van der Waals surface area contributed by atoms with Gasteiger partial charge in [-0.05, 0) is 43.4 Å². The minimum atomic E-state index is -0.380. The van der Waals surface area contributed by atoms with Crippen LogP contribution in [0.5, 0.6) is 0 Å². The van der Waals surface area contributed by atoms with E-state index < -0.39 is 0 Å².